The van der Waals surface area contributed by atoms with E-state index in [-0.39, 0.29) is 43.7 Å². The predicted molar refractivity (Wildman–Crippen MR) is 267 cm³/mol. The zero-order valence-corrected chi connectivity index (χ0v) is 41.6. The van der Waals surface area contributed by atoms with Crippen LogP contribution in [0.2, 0.25) is 0 Å². The first kappa shape index (κ1) is 50.3. The van der Waals surface area contributed by atoms with Crippen molar-refractivity contribution in [2.24, 2.45) is 10.5 Å². The number of halogens is 3. The van der Waals surface area contributed by atoms with E-state index in [1.54, 1.807) is 17.5 Å². The summed E-state index contributed by atoms with van der Waals surface area (Å²) in [4.78, 5) is 59.1. The average Bonchev–Trinajstić information content (AvgIpc) is 4.12. The first-order chi connectivity index (χ1) is 34.5. The molecule has 0 spiro atoms. The molecule has 3 amide bonds. The number of rotatable bonds is 10. The second-order valence-corrected chi connectivity index (χ2v) is 20.9. The number of benzene rings is 2. The van der Waals surface area contributed by atoms with Crippen molar-refractivity contribution in [2.75, 3.05) is 57.3 Å². The Morgan fingerprint density at radius 3 is 2.22 bits per heavy atom. The van der Waals surface area contributed by atoms with Gasteiger partial charge in [0.1, 0.15) is 23.7 Å². The number of fused-ring (bicyclic) bond motifs is 1. The summed E-state index contributed by atoms with van der Waals surface area (Å²) in [5.41, 5.74) is 6.91. The van der Waals surface area contributed by atoms with Gasteiger partial charge in [-0.1, -0.05) is 69.0 Å². The van der Waals surface area contributed by atoms with Crippen LogP contribution in [0.1, 0.15) is 92.0 Å². The molecule has 0 radical (unpaired) electrons. The third kappa shape index (κ3) is 11.6. The Hall–Kier alpha value is -6.69. The quantitative estimate of drug-likeness (QED) is 0.152. The number of amidine groups is 1. The number of anilines is 1. The minimum atomic E-state index is -4.62. The van der Waals surface area contributed by atoms with E-state index in [0.29, 0.717) is 63.9 Å². The summed E-state index contributed by atoms with van der Waals surface area (Å²) in [6.45, 7) is 11.9. The zero-order chi connectivity index (χ0) is 50.7. The average molecular weight is 1010 g/mol. The number of pyridine rings is 1. The number of hydrogen-bond acceptors (Lipinski definition) is 13. The van der Waals surface area contributed by atoms with Crippen LogP contribution < -0.4 is 15.5 Å². The predicted octanol–water partition coefficient (Wildman–Crippen LogP) is 5.44. The lowest BCUT2D eigenvalue weighted by Crippen LogP contribution is -2.59. The molecule has 0 saturated carbocycles. The molecule has 3 atom stereocenters. The van der Waals surface area contributed by atoms with Crippen molar-refractivity contribution < 1.29 is 32.7 Å². The second-order valence-electron chi connectivity index (χ2n) is 20.0. The highest BCUT2D eigenvalue weighted by molar-refractivity contribution is 7.13. The molecular weight excluding hydrogens is 946 g/mol. The number of piperidine rings is 1. The van der Waals surface area contributed by atoms with Gasteiger partial charge in [0.05, 0.1) is 28.7 Å². The minimum Gasteiger partial charge on any atom is -0.391 e. The summed E-state index contributed by atoms with van der Waals surface area (Å²) in [6.07, 6.45) is -0.997. The summed E-state index contributed by atoms with van der Waals surface area (Å²) >= 11 is 1.57. The summed E-state index contributed by atoms with van der Waals surface area (Å²) < 4.78 is 41.1. The van der Waals surface area contributed by atoms with Gasteiger partial charge < -0.3 is 30.4 Å². The van der Waals surface area contributed by atoms with Crippen LogP contribution in [-0.2, 0) is 33.5 Å². The Labute approximate surface area is 420 Å². The van der Waals surface area contributed by atoms with E-state index in [2.05, 4.69) is 64.7 Å². The first-order valence-electron chi connectivity index (χ1n) is 24.4. The van der Waals surface area contributed by atoms with Crippen LogP contribution in [0.3, 0.4) is 0 Å². The summed E-state index contributed by atoms with van der Waals surface area (Å²) in [6, 6.07) is 18.2. The monoisotopic (exact) mass is 1000 g/mol. The molecule has 20 heteroatoms. The third-order valence-electron chi connectivity index (χ3n) is 13.9. The normalized spacial score (nSPS) is 19.3. The van der Waals surface area contributed by atoms with E-state index >= 15 is 0 Å². The fourth-order valence-electron chi connectivity index (χ4n) is 9.79. The molecule has 0 bridgehead atoms. The van der Waals surface area contributed by atoms with E-state index in [0.717, 1.165) is 56.2 Å². The number of carbonyl (C=O) groups is 3. The van der Waals surface area contributed by atoms with Crippen molar-refractivity contribution in [3.8, 4) is 22.3 Å². The molecule has 72 heavy (non-hydrogen) atoms. The van der Waals surface area contributed by atoms with Crippen molar-refractivity contribution >= 4 is 40.7 Å². The van der Waals surface area contributed by atoms with Gasteiger partial charge in [-0.15, -0.1) is 21.5 Å². The molecule has 16 nitrogen and oxygen atoms in total. The molecule has 3 aromatic heterocycles. The van der Waals surface area contributed by atoms with Crippen LogP contribution in [0, 0.1) is 24.2 Å². The van der Waals surface area contributed by atoms with Gasteiger partial charge in [-0.25, -0.2) is 9.97 Å². The number of aryl methyl sites for hydroxylation is 2. The molecule has 4 aliphatic heterocycles. The van der Waals surface area contributed by atoms with Gasteiger partial charge in [-0.2, -0.15) is 22.9 Å². The van der Waals surface area contributed by atoms with Crippen molar-refractivity contribution in [3.05, 3.63) is 112 Å². The molecule has 5 aromatic rings. The minimum absolute atomic E-state index is 0.000245. The molecule has 9 rings (SSSR count). The van der Waals surface area contributed by atoms with E-state index in [1.807, 2.05) is 86.6 Å². The van der Waals surface area contributed by atoms with Crippen molar-refractivity contribution in [1.29, 1.82) is 0 Å². The molecule has 2 aromatic carbocycles. The molecule has 378 valence electrons. The fraction of sp³-hybridized carbons (Fsp3) is 0.462. The topological polar surface area (TPSA) is 177 Å². The molecule has 3 N–H and O–H groups in total. The van der Waals surface area contributed by atoms with Crippen LogP contribution in [0.15, 0.2) is 77.5 Å². The number of carbonyl (C=O) groups excluding carboxylic acids is 3. The Morgan fingerprint density at radius 1 is 0.861 bits per heavy atom. The van der Waals surface area contributed by atoms with Crippen LogP contribution in [-0.4, -0.2) is 139 Å². The number of β-amino-alcohol motifs (C(OH)–C–C–N with tert-alkyl or cyclic N) is 1. The standard InChI is InChI=1S/C52H59F3N12O4S/c1-33-46(72-32-58-33)39-14-9-36(10-15-39)29-57-48(70)41-27-40(68)30-66(41)49(71)47(51(2,3)4)59-45(69)31-63-23-25-65(26-24-63)42-16-11-35(28-56-42)6-5-34-7-12-37(13-8-34)38-19-21-64(22-20-38)44-18-17-43-60-61-50(52(53,54)55)67(43)62-44/h7-16,28,32,38,40-41,47,68H,17-27,29-31H2,1-4H3,(H,57,70)(H,59,69)/t40-,41-,47+/m0/s1. The number of aliphatic hydroxyl groups excluding tert-OH is 1. The maximum Gasteiger partial charge on any atom is 0.453 e. The van der Waals surface area contributed by atoms with Gasteiger partial charge >= 0.3 is 6.18 Å². The number of nitrogens with zero attached hydrogens (tertiary/aromatic N) is 10. The Bertz CT molecular complexity index is 2830. The maximum atomic E-state index is 14.2. The summed E-state index contributed by atoms with van der Waals surface area (Å²) in [5, 5.41) is 27.9. The second kappa shape index (κ2) is 21.2. The van der Waals surface area contributed by atoms with Crippen molar-refractivity contribution in [3.63, 3.8) is 0 Å². The SMILES string of the molecule is Cc1ncsc1-c1ccc(CNC(=O)[C@@H]2C[C@H](O)CN2C(=O)[C@@H](NC(=O)CN2CCN(c3ccc(C#Cc4ccc(C5CCN(C6=Nn7c(nnc7C(F)(F)F)CC6)CC5)cc4)cn3)CC2)C(C)(C)C)cc1. The number of amides is 3. The van der Waals surface area contributed by atoms with Crippen LogP contribution >= 0.6 is 11.3 Å². The zero-order valence-electron chi connectivity index (χ0n) is 40.8. The van der Waals surface area contributed by atoms with Gasteiger partial charge in [0.2, 0.25) is 17.7 Å². The lowest BCUT2D eigenvalue weighted by atomic mass is 9.85. The smallest absolute Gasteiger partial charge is 0.391 e. The fourth-order valence-corrected chi connectivity index (χ4v) is 10.6. The highest BCUT2D eigenvalue weighted by Crippen LogP contribution is 2.33. The van der Waals surface area contributed by atoms with Gasteiger partial charge in [0, 0.05) is 88.9 Å². The molecule has 3 fully saturated rings. The van der Waals surface area contributed by atoms with Crippen LogP contribution in [0.4, 0.5) is 19.0 Å². The molecule has 0 unspecified atom stereocenters. The number of aliphatic hydroxyl groups is 1. The van der Waals surface area contributed by atoms with E-state index in [9.17, 15) is 32.7 Å². The largest absolute Gasteiger partial charge is 0.453 e. The van der Waals surface area contributed by atoms with Crippen LogP contribution in [0.25, 0.3) is 10.4 Å². The van der Waals surface area contributed by atoms with Crippen molar-refractivity contribution in [1.82, 2.24) is 50.2 Å². The Balaban J connectivity index is 0.718. The number of thiazole rings is 1. The first-order valence-corrected chi connectivity index (χ1v) is 25.3. The van der Waals surface area contributed by atoms with Crippen LogP contribution in [0.5, 0.6) is 0 Å². The number of alkyl halides is 3. The molecule has 0 aliphatic carbocycles. The Kier molecular flexibility index (Phi) is 14.8. The lowest BCUT2D eigenvalue weighted by Gasteiger charge is -2.37. The van der Waals surface area contributed by atoms with Gasteiger partial charge in [-0.3, -0.25) is 19.3 Å². The van der Waals surface area contributed by atoms with Gasteiger partial charge in [0.25, 0.3) is 5.82 Å². The number of piperazine rings is 1. The molecule has 7 heterocycles. The van der Waals surface area contributed by atoms with Gasteiger partial charge in [0.15, 0.2) is 5.82 Å². The third-order valence-corrected chi connectivity index (χ3v) is 14.8. The highest BCUT2D eigenvalue weighted by atomic mass is 32.1. The van der Waals surface area contributed by atoms with Gasteiger partial charge in [-0.05, 0) is 72.1 Å². The number of hydrogen-bond donors (Lipinski definition) is 3. The number of likely N-dealkylation sites (tertiary alicyclic amines) is 2. The molecular formula is C52H59F3N12O4S. The summed E-state index contributed by atoms with van der Waals surface area (Å²) in [7, 11) is 0. The van der Waals surface area contributed by atoms with E-state index in [4.69, 9.17) is 4.98 Å². The van der Waals surface area contributed by atoms with Crippen molar-refractivity contribution in [2.45, 2.75) is 96.6 Å². The molecule has 3 saturated heterocycles. The lowest BCUT2D eigenvalue weighted by molar-refractivity contribution is -0.147. The number of nitrogens with one attached hydrogen (secondary N) is 2. The maximum absolute atomic E-state index is 14.2. The van der Waals surface area contributed by atoms with E-state index in [1.165, 1.54) is 10.5 Å². The Morgan fingerprint density at radius 2 is 1.57 bits per heavy atom. The highest BCUT2D eigenvalue weighted by Gasteiger charge is 2.45. The molecule has 4 aliphatic rings. The summed E-state index contributed by atoms with van der Waals surface area (Å²) in [5.74, 6) is 6.32. The number of aromatic nitrogens is 5. The van der Waals surface area contributed by atoms with E-state index < -0.39 is 41.5 Å².